The second-order valence-corrected chi connectivity index (χ2v) is 3.09. The van der Waals surface area contributed by atoms with Crippen LogP contribution >= 0.6 is 0 Å². The summed E-state index contributed by atoms with van der Waals surface area (Å²) in [4.78, 5) is 15.0. The van der Waals surface area contributed by atoms with Gasteiger partial charge in [-0.3, -0.25) is 0 Å². The summed E-state index contributed by atoms with van der Waals surface area (Å²) < 4.78 is 9.60. The maximum atomic E-state index is 11.2. The van der Waals surface area contributed by atoms with Crippen LogP contribution in [0.25, 0.3) is 0 Å². The molecule has 0 amide bonds. The third-order valence-corrected chi connectivity index (χ3v) is 1.83. The molecule has 0 aliphatic carbocycles. The largest absolute Gasteiger partial charge is 0.463 e. The van der Waals surface area contributed by atoms with Crippen LogP contribution in [0.5, 0.6) is 0 Å². The molecule has 1 heterocycles. The zero-order valence-corrected chi connectivity index (χ0v) is 9.23. The number of nitrogens with zero attached hydrogens (tertiary/aromatic N) is 2. The second-order valence-electron chi connectivity index (χ2n) is 3.09. The lowest BCUT2D eigenvalue weighted by molar-refractivity contribution is -0.138. The van der Waals surface area contributed by atoms with Crippen molar-refractivity contribution in [2.45, 2.75) is 13.3 Å². The molecular weight excluding hydrogens is 210 g/mol. The van der Waals surface area contributed by atoms with Crippen LogP contribution in [0.3, 0.4) is 0 Å². The Hall–Kier alpha value is -1.69. The fourth-order valence-corrected chi connectivity index (χ4v) is 1.05. The van der Waals surface area contributed by atoms with Crippen LogP contribution in [0.15, 0.2) is 23.0 Å². The topological polar surface area (TPSA) is 77.3 Å². The van der Waals surface area contributed by atoms with Crippen molar-refractivity contribution in [1.82, 2.24) is 15.5 Å². The molecule has 0 aromatic carbocycles. The molecule has 6 nitrogen and oxygen atoms in total. The van der Waals surface area contributed by atoms with Crippen molar-refractivity contribution in [2.24, 2.45) is 0 Å². The standard InChI is InChI=1S/C10H15N3O3/c1-3-15-10(14)8(2)6-11-5-4-9-12-7-13-16-9/h7,11H,2-6H2,1H3. The van der Waals surface area contributed by atoms with Gasteiger partial charge in [0.1, 0.15) is 0 Å². The first-order chi connectivity index (χ1) is 7.74. The summed E-state index contributed by atoms with van der Waals surface area (Å²) in [6.07, 6.45) is 1.98. The van der Waals surface area contributed by atoms with E-state index in [9.17, 15) is 4.79 Å². The van der Waals surface area contributed by atoms with E-state index in [-0.39, 0.29) is 5.97 Å². The van der Waals surface area contributed by atoms with Gasteiger partial charge >= 0.3 is 5.97 Å². The molecular formula is C10H15N3O3. The molecule has 1 aromatic rings. The monoisotopic (exact) mass is 225 g/mol. The Labute approximate surface area is 93.7 Å². The van der Waals surface area contributed by atoms with Gasteiger partial charge in [0.2, 0.25) is 5.89 Å². The molecule has 1 aromatic heterocycles. The average molecular weight is 225 g/mol. The molecule has 0 saturated carbocycles. The van der Waals surface area contributed by atoms with Crippen LogP contribution < -0.4 is 5.32 Å². The van der Waals surface area contributed by atoms with E-state index < -0.39 is 0 Å². The molecule has 0 saturated heterocycles. The lowest BCUT2D eigenvalue weighted by Gasteiger charge is -2.05. The SMILES string of the molecule is C=C(CNCCc1ncno1)C(=O)OCC. The molecule has 6 heteroatoms. The highest BCUT2D eigenvalue weighted by Crippen LogP contribution is 1.94. The molecule has 0 aliphatic heterocycles. The number of hydrogen-bond acceptors (Lipinski definition) is 6. The molecule has 0 spiro atoms. The fourth-order valence-electron chi connectivity index (χ4n) is 1.05. The predicted molar refractivity (Wildman–Crippen MR) is 56.6 cm³/mol. The quantitative estimate of drug-likeness (QED) is 0.409. The first kappa shape index (κ1) is 12.4. The van der Waals surface area contributed by atoms with E-state index in [1.165, 1.54) is 6.33 Å². The normalized spacial score (nSPS) is 10.1. The molecule has 0 radical (unpaired) electrons. The summed E-state index contributed by atoms with van der Waals surface area (Å²) in [5, 5.41) is 6.52. The van der Waals surface area contributed by atoms with Gasteiger partial charge in [0.15, 0.2) is 6.33 Å². The van der Waals surface area contributed by atoms with Gasteiger partial charge in [-0.15, -0.1) is 0 Å². The number of nitrogens with one attached hydrogen (secondary N) is 1. The van der Waals surface area contributed by atoms with E-state index in [1.807, 2.05) is 0 Å². The molecule has 88 valence electrons. The first-order valence-electron chi connectivity index (χ1n) is 5.05. The van der Waals surface area contributed by atoms with Crippen LogP contribution in [0.1, 0.15) is 12.8 Å². The average Bonchev–Trinajstić information content (AvgIpc) is 2.77. The summed E-state index contributed by atoms with van der Waals surface area (Å²) in [7, 11) is 0. The maximum absolute atomic E-state index is 11.2. The minimum atomic E-state index is -0.368. The van der Waals surface area contributed by atoms with E-state index in [4.69, 9.17) is 9.26 Å². The van der Waals surface area contributed by atoms with E-state index in [1.54, 1.807) is 6.92 Å². The van der Waals surface area contributed by atoms with Crippen LogP contribution in [-0.4, -0.2) is 35.8 Å². The van der Waals surface area contributed by atoms with Crippen LogP contribution in [-0.2, 0) is 16.0 Å². The van der Waals surface area contributed by atoms with Crippen molar-refractivity contribution in [1.29, 1.82) is 0 Å². The first-order valence-corrected chi connectivity index (χ1v) is 5.05. The molecule has 0 atom stereocenters. The Morgan fingerprint density at radius 1 is 1.69 bits per heavy atom. The molecule has 1 rings (SSSR count). The van der Waals surface area contributed by atoms with E-state index in [2.05, 4.69) is 22.0 Å². The Morgan fingerprint density at radius 3 is 3.12 bits per heavy atom. The van der Waals surface area contributed by atoms with Gasteiger partial charge in [-0.05, 0) is 6.92 Å². The zero-order chi connectivity index (χ0) is 11.8. The van der Waals surface area contributed by atoms with Crippen molar-refractivity contribution >= 4 is 5.97 Å². The summed E-state index contributed by atoms with van der Waals surface area (Å²) in [5.74, 6) is 0.196. The van der Waals surface area contributed by atoms with E-state index in [0.29, 0.717) is 37.6 Å². The number of ether oxygens (including phenoxy) is 1. The third-order valence-electron chi connectivity index (χ3n) is 1.83. The van der Waals surface area contributed by atoms with E-state index in [0.717, 1.165) is 0 Å². The number of aromatic nitrogens is 2. The second kappa shape index (κ2) is 6.73. The van der Waals surface area contributed by atoms with Gasteiger partial charge < -0.3 is 14.6 Å². The van der Waals surface area contributed by atoms with Crippen LogP contribution in [0, 0.1) is 0 Å². The van der Waals surface area contributed by atoms with Crippen LogP contribution in [0.4, 0.5) is 0 Å². The highest BCUT2D eigenvalue weighted by atomic mass is 16.5. The number of esters is 1. The maximum Gasteiger partial charge on any atom is 0.334 e. The minimum Gasteiger partial charge on any atom is -0.463 e. The van der Waals surface area contributed by atoms with Crippen molar-refractivity contribution in [3.05, 3.63) is 24.4 Å². The van der Waals surface area contributed by atoms with Gasteiger partial charge in [0, 0.05) is 25.1 Å². The number of carbonyl (C=O) groups excluding carboxylic acids is 1. The lowest BCUT2D eigenvalue weighted by atomic mass is 10.3. The van der Waals surface area contributed by atoms with Gasteiger partial charge in [0.25, 0.3) is 0 Å². The highest BCUT2D eigenvalue weighted by Gasteiger charge is 2.06. The summed E-state index contributed by atoms with van der Waals surface area (Å²) in [5.41, 5.74) is 0.410. The molecule has 0 aliphatic rings. The van der Waals surface area contributed by atoms with Crippen molar-refractivity contribution < 1.29 is 14.1 Å². The van der Waals surface area contributed by atoms with Gasteiger partial charge in [-0.2, -0.15) is 4.98 Å². The van der Waals surface area contributed by atoms with Crippen molar-refractivity contribution in [3.8, 4) is 0 Å². The third kappa shape index (κ3) is 4.22. The zero-order valence-electron chi connectivity index (χ0n) is 9.23. The van der Waals surface area contributed by atoms with Crippen molar-refractivity contribution in [2.75, 3.05) is 19.7 Å². The highest BCUT2D eigenvalue weighted by molar-refractivity contribution is 5.88. The van der Waals surface area contributed by atoms with Gasteiger partial charge in [-0.1, -0.05) is 11.7 Å². The molecule has 0 fully saturated rings. The fraction of sp³-hybridized carbons (Fsp3) is 0.500. The number of hydrogen-bond donors (Lipinski definition) is 1. The Balaban J connectivity index is 2.11. The summed E-state index contributed by atoms with van der Waals surface area (Å²) in [6, 6.07) is 0. The number of carbonyl (C=O) groups is 1. The molecule has 1 N–H and O–H groups in total. The van der Waals surface area contributed by atoms with Crippen molar-refractivity contribution in [3.63, 3.8) is 0 Å². The van der Waals surface area contributed by atoms with Crippen LogP contribution in [0.2, 0.25) is 0 Å². The van der Waals surface area contributed by atoms with E-state index >= 15 is 0 Å². The van der Waals surface area contributed by atoms with Gasteiger partial charge in [0.05, 0.1) is 6.61 Å². The Bertz CT molecular complexity index is 335. The molecule has 0 bridgehead atoms. The van der Waals surface area contributed by atoms with Gasteiger partial charge in [-0.25, -0.2) is 4.79 Å². The molecule has 16 heavy (non-hydrogen) atoms. The predicted octanol–water partition coefficient (Wildman–Crippen LogP) is 0.321. The number of rotatable bonds is 7. The summed E-state index contributed by atoms with van der Waals surface area (Å²) >= 11 is 0. The Morgan fingerprint density at radius 2 is 2.50 bits per heavy atom. The smallest absolute Gasteiger partial charge is 0.334 e. The summed E-state index contributed by atoms with van der Waals surface area (Å²) in [6.45, 7) is 6.77. The molecule has 0 unspecified atom stereocenters. The Kier molecular flexibility index (Phi) is 5.21. The minimum absolute atomic E-state index is 0.361. The lowest BCUT2D eigenvalue weighted by Crippen LogP contribution is -2.23.